The smallest absolute Gasteiger partial charge is 0.497 e. The van der Waals surface area contributed by atoms with Crippen LogP contribution in [0.25, 0.3) is 10.3 Å². The van der Waals surface area contributed by atoms with Crippen molar-refractivity contribution in [2.45, 2.75) is 82.9 Å². The average molecular weight is 939 g/mol. The summed E-state index contributed by atoms with van der Waals surface area (Å²) in [4.78, 5) is 48.0. The van der Waals surface area contributed by atoms with Crippen molar-refractivity contribution >= 4 is 52.5 Å². The second-order valence-electron chi connectivity index (χ2n) is 18.2. The van der Waals surface area contributed by atoms with Gasteiger partial charge in [-0.15, -0.1) is 0 Å². The van der Waals surface area contributed by atoms with E-state index in [2.05, 4.69) is 86.5 Å². The number of rotatable bonds is 17. The van der Waals surface area contributed by atoms with Crippen molar-refractivity contribution in [3.05, 3.63) is 182 Å². The summed E-state index contributed by atoms with van der Waals surface area (Å²) in [6.07, 6.45) is -1.62. The number of ether oxygens (including phenoxy) is 3. The number of anilines is 1. The minimum Gasteiger partial charge on any atom is -0.497 e. The van der Waals surface area contributed by atoms with E-state index in [9.17, 15) is 19.5 Å². The van der Waals surface area contributed by atoms with Gasteiger partial charge in [-0.2, -0.15) is 4.98 Å². The molecule has 0 spiro atoms. The first-order valence-electron chi connectivity index (χ1n) is 22.8. The molecule has 2 aromatic heterocycles. The number of fused-ring (bicyclic) bond motifs is 1. The molecule has 67 heavy (non-hydrogen) atoms. The molecule has 8 rings (SSSR count). The van der Waals surface area contributed by atoms with E-state index in [0.717, 1.165) is 38.4 Å². The van der Waals surface area contributed by atoms with E-state index < -0.39 is 48.9 Å². The molecule has 12 nitrogen and oxygen atoms in total. The lowest BCUT2D eigenvalue weighted by molar-refractivity contribution is -0.0643. The number of nitrogens with zero attached hydrogens (tertiary/aromatic N) is 2. The number of methoxy groups -OCH3 is 1. The number of aromatic nitrogens is 3. The first-order chi connectivity index (χ1) is 32.3. The van der Waals surface area contributed by atoms with Crippen molar-refractivity contribution in [1.82, 2.24) is 14.5 Å². The molecule has 5 atom stereocenters. The quantitative estimate of drug-likeness (QED) is 0.0457. The largest absolute Gasteiger partial charge is 0.505 e. The SMILES string of the molecule is CCC(O[Si](c1ccccc1)(c1ccccc1)C(C)(C)C)[C@@H]1C[C@@H](C(C)CCOC(=O)O)[C@H](n2c(=O)sc3c(=O)[nH]c(NC(c4ccccc4)(c4ccccc4)c4ccc(OC)cc4)nc32)O1. The highest BCUT2D eigenvalue weighted by atomic mass is 32.1. The summed E-state index contributed by atoms with van der Waals surface area (Å²) >= 11 is 0.824. The summed E-state index contributed by atoms with van der Waals surface area (Å²) in [7, 11) is -1.44. The second-order valence-corrected chi connectivity index (χ2v) is 23.4. The zero-order chi connectivity index (χ0) is 47.3. The van der Waals surface area contributed by atoms with E-state index in [1.807, 2.05) is 104 Å². The van der Waals surface area contributed by atoms with Crippen molar-refractivity contribution in [1.29, 1.82) is 0 Å². The highest BCUT2D eigenvalue weighted by molar-refractivity contribution is 7.16. The lowest BCUT2D eigenvalue weighted by Crippen LogP contribution is -2.68. The van der Waals surface area contributed by atoms with Crippen LogP contribution in [0.4, 0.5) is 10.7 Å². The van der Waals surface area contributed by atoms with Crippen LogP contribution in [0.15, 0.2) is 155 Å². The number of thiazole rings is 1. The van der Waals surface area contributed by atoms with E-state index in [4.69, 9.17) is 23.6 Å². The number of hydrogen-bond acceptors (Lipinski definition) is 10. The van der Waals surface area contributed by atoms with Crippen molar-refractivity contribution in [2.24, 2.45) is 11.8 Å². The van der Waals surface area contributed by atoms with Crippen molar-refractivity contribution < 1.29 is 28.5 Å². The highest BCUT2D eigenvalue weighted by Crippen LogP contribution is 2.46. The number of H-pyrrole nitrogens is 1. The summed E-state index contributed by atoms with van der Waals surface area (Å²) in [5, 5.41) is 15.0. The molecular formula is C53H58N4O8SSi. The Morgan fingerprint density at radius 2 is 1.40 bits per heavy atom. The molecule has 0 radical (unpaired) electrons. The van der Waals surface area contributed by atoms with Gasteiger partial charge in [0.2, 0.25) is 5.95 Å². The molecule has 1 aliphatic heterocycles. The Kier molecular flexibility index (Phi) is 14.0. The summed E-state index contributed by atoms with van der Waals surface area (Å²) in [6, 6.07) is 48.5. The Balaban J connectivity index is 1.25. The van der Waals surface area contributed by atoms with E-state index in [0.29, 0.717) is 25.0 Å². The summed E-state index contributed by atoms with van der Waals surface area (Å²) in [5.74, 6) is 0.326. The molecule has 3 N–H and O–H groups in total. The molecule has 2 unspecified atom stereocenters. The van der Waals surface area contributed by atoms with Gasteiger partial charge in [-0.1, -0.05) is 179 Å². The van der Waals surface area contributed by atoms with Gasteiger partial charge in [0.15, 0.2) is 5.65 Å². The monoisotopic (exact) mass is 938 g/mol. The summed E-state index contributed by atoms with van der Waals surface area (Å²) in [6.45, 7) is 10.8. The Labute approximate surface area is 395 Å². The van der Waals surface area contributed by atoms with E-state index >= 15 is 0 Å². The normalized spacial score (nSPS) is 17.5. The van der Waals surface area contributed by atoms with Crippen LogP contribution < -0.4 is 30.9 Å². The predicted octanol–water partition coefficient (Wildman–Crippen LogP) is 9.54. The first-order valence-corrected chi connectivity index (χ1v) is 25.5. The van der Waals surface area contributed by atoms with Crippen molar-refractivity contribution in [3.8, 4) is 5.75 Å². The van der Waals surface area contributed by atoms with Gasteiger partial charge in [-0.05, 0) is 69.4 Å². The Morgan fingerprint density at radius 1 is 0.866 bits per heavy atom. The minimum absolute atomic E-state index is 0.0299. The van der Waals surface area contributed by atoms with E-state index in [1.54, 1.807) is 7.11 Å². The molecule has 0 amide bonds. The Hall–Kier alpha value is -6.32. The van der Waals surface area contributed by atoms with Gasteiger partial charge < -0.3 is 29.1 Å². The molecule has 0 bridgehead atoms. The molecule has 3 heterocycles. The number of carboxylic acid groups (broad SMARTS) is 1. The van der Waals surface area contributed by atoms with Gasteiger partial charge in [0.05, 0.1) is 25.9 Å². The third-order valence-corrected chi connectivity index (χ3v) is 19.3. The maximum Gasteiger partial charge on any atom is 0.505 e. The van der Waals surface area contributed by atoms with E-state index in [-0.39, 0.29) is 39.8 Å². The van der Waals surface area contributed by atoms with Crippen LogP contribution in [-0.2, 0) is 19.4 Å². The predicted molar refractivity (Wildman–Crippen MR) is 266 cm³/mol. The number of benzene rings is 5. The first kappa shape index (κ1) is 47.2. The summed E-state index contributed by atoms with van der Waals surface area (Å²) in [5.41, 5.74) is 1.22. The Bertz CT molecular complexity index is 2790. The Morgan fingerprint density at radius 3 is 1.91 bits per heavy atom. The van der Waals surface area contributed by atoms with Gasteiger partial charge in [0.1, 0.15) is 22.2 Å². The van der Waals surface area contributed by atoms with Gasteiger partial charge in [0.25, 0.3) is 13.9 Å². The number of aromatic amines is 1. The number of nitrogens with one attached hydrogen (secondary N) is 2. The molecule has 14 heteroatoms. The van der Waals surface area contributed by atoms with Crippen molar-refractivity contribution in [3.63, 3.8) is 0 Å². The van der Waals surface area contributed by atoms with Crippen LogP contribution in [0.3, 0.4) is 0 Å². The summed E-state index contributed by atoms with van der Waals surface area (Å²) < 4.78 is 27.1. The zero-order valence-electron chi connectivity index (χ0n) is 38.7. The molecular weight excluding hydrogens is 881 g/mol. The third kappa shape index (κ3) is 9.23. The molecule has 0 saturated carbocycles. The molecule has 1 saturated heterocycles. The van der Waals surface area contributed by atoms with Crippen molar-refractivity contribution in [2.75, 3.05) is 19.0 Å². The van der Waals surface area contributed by atoms with Crippen LogP contribution >= 0.6 is 11.3 Å². The zero-order valence-corrected chi connectivity index (χ0v) is 40.5. The number of hydrogen-bond donors (Lipinski definition) is 3. The lowest BCUT2D eigenvalue weighted by Gasteiger charge is -2.46. The fraction of sp³-hybridized carbons (Fsp3) is 0.321. The molecule has 5 aromatic carbocycles. The maximum atomic E-state index is 14.5. The molecule has 1 fully saturated rings. The van der Waals surface area contributed by atoms with E-state index in [1.165, 1.54) is 4.57 Å². The molecule has 348 valence electrons. The standard InChI is InChI=1S/C53H58N4O8SSi/c1-7-43(65-67(52(3,4)5,40-24-16-10-17-25-40)41-26-18-11-19-27-41)44-34-42(35(2)32-33-63-51(60)61)48(64-44)57-46-45(66-50(57)59)47(58)55-49(54-46)56-53(36-20-12-8-13-21-36,37-22-14-9-15-23-37)38-28-30-39(62-6)31-29-38/h8-31,35,42-44,48H,7,32-34H2,1-6H3,(H,60,61)(H2,54,55,56,58)/t35?,42-,43?,44-,48+/m0/s1. The lowest BCUT2D eigenvalue weighted by atomic mass is 9.77. The fourth-order valence-electron chi connectivity index (χ4n) is 9.94. The molecule has 0 aliphatic carbocycles. The molecule has 7 aromatic rings. The minimum atomic E-state index is -3.06. The number of carbonyl (C=O) groups is 1. The average Bonchev–Trinajstić information content (AvgIpc) is 3.92. The van der Waals surface area contributed by atoms with Crippen LogP contribution in [0.5, 0.6) is 5.75 Å². The third-order valence-electron chi connectivity index (χ3n) is 13.2. The van der Waals surface area contributed by atoms with Crippen LogP contribution in [0, 0.1) is 11.8 Å². The molecule has 1 aliphatic rings. The van der Waals surface area contributed by atoms with Gasteiger partial charge >= 0.3 is 11.0 Å². The van der Waals surface area contributed by atoms with Crippen LogP contribution in [-0.4, -0.2) is 60.0 Å². The highest BCUT2D eigenvalue weighted by Gasteiger charge is 2.54. The maximum absolute atomic E-state index is 14.5. The van der Waals surface area contributed by atoms with Gasteiger partial charge in [-0.25, -0.2) is 4.79 Å². The van der Waals surface area contributed by atoms with Gasteiger partial charge in [0, 0.05) is 5.92 Å². The van der Waals surface area contributed by atoms with Gasteiger partial charge in [-0.3, -0.25) is 19.1 Å². The second kappa shape index (κ2) is 19.9. The van der Waals surface area contributed by atoms with Crippen LogP contribution in [0.1, 0.15) is 76.8 Å². The fourth-order valence-corrected chi connectivity index (χ4v) is 15.6. The topological polar surface area (TPSA) is 154 Å². The van der Waals surface area contributed by atoms with Crippen LogP contribution in [0.2, 0.25) is 5.04 Å².